The summed E-state index contributed by atoms with van der Waals surface area (Å²) >= 11 is 0. The number of aromatic amines is 2. The monoisotopic (exact) mass is 915 g/mol. The summed E-state index contributed by atoms with van der Waals surface area (Å²) < 4.78 is 37.1. The number of allylic oxidation sites excluding steroid dienone is 3. The maximum atomic E-state index is 17.1. The van der Waals surface area contributed by atoms with Crippen LogP contribution in [0.25, 0.3) is 33.3 Å². The van der Waals surface area contributed by atoms with Gasteiger partial charge >= 0.3 is 6.09 Å². The van der Waals surface area contributed by atoms with Crippen LogP contribution in [0.3, 0.4) is 0 Å². The second-order valence-corrected chi connectivity index (χ2v) is 19.0. The summed E-state index contributed by atoms with van der Waals surface area (Å²) in [5.74, 6) is 2.09. The molecule has 6 heterocycles. The van der Waals surface area contributed by atoms with E-state index < -0.39 is 30.6 Å². The van der Waals surface area contributed by atoms with E-state index >= 15 is 4.39 Å². The molecular weight excluding hydrogens is 854 g/mol. The fourth-order valence-corrected chi connectivity index (χ4v) is 9.93. The molecule has 9 rings (SSSR count). The molecule has 3 amide bonds. The lowest BCUT2D eigenvalue weighted by atomic mass is 9.90. The maximum Gasteiger partial charge on any atom is 0.407 e. The number of aromatic nitrogens is 5. The van der Waals surface area contributed by atoms with Crippen LogP contribution in [0, 0.1) is 11.8 Å². The lowest BCUT2D eigenvalue weighted by Gasteiger charge is -2.34. The standard InChI is InChI=1S/C51H62FN9O6/c1-8-29(6)66-34-13-9-12-31(21-34)50-61-38-17-16-30(36-25-54-47(56-36)40-15-11-19-60(40)49(63)45(28(4)5)58-51(64)65-7)20-33(38)23-41(61)43-35(52)22-32(24-42(43)67-50)37-26-55-46(57-37)39-14-10-18-59(39)48(62)44(53)27(2)3/h9,12-13,16-17,20-21,23-29,35,39-40,44-45,50H,8,10-11,14-15,18-19,22,53H2,1-7H3,(H,54,56)(H,55,57)(H,58,64). The zero-order valence-corrected chi connectivity index (χ0v) is 39.3. The number of nitrogens with zero attached hydrogens (tertiary/aromatic N) is 5. The second-order valence-electron chi connectivity index (χ2n) is 19.0. The number of nitrogens with two attached hydrogens (primary N) is 1. The Labute approximate surface area is 390 Å². The van der Waals surface area contributed by atoms with Crippen LogP contribution in [-0.4, -0.2) is 96.8 Å². The molecule has 67 heavy (non-hydrogen) atoms. The number of benzene rings is 2. The largest absolute Gasteiger partial charge is 0.491 e. The molecule has 0 bridgehead atoms. The van der Waals surface area contributed by atoms with Gasteiger partial charge in [0.05, 0.1) is 71.9 Å². The number of hydrogen-bond donors (Lipinski definition) is 4. The number of methoxy groups -OCH3 is 1. The minimum atomic E-state index is -1.40. The molecule has 2 saturated heterocycles. The lowest BCUT2D eigenvalue weighted by molar-refractivity contribution is -0.136. The molecule has 3 aromatic heterocycles. The molecule has 0 saturated carbocycles. The van der Waals surface area contributed by atoms with Crippen LogP contribution in [0.4, 0.5) is 9.18 Å². The Bertz CT molecular complexity index is 2730. The molecule has 7 atom stereocenters. The van der Waals surface area contributed by atoms with Crippen molar-refractivity contribution in [2.75, 3.05) is 20.2 Å². The van der Waals surface area contributed by atoms with Crippen molar-refractivity contribution < 1.29 is 33.0 Å². The van der Waals surface area contributed by atoms with Crippen molar-refractivity contribution >= 4 is 40.0 Å². The van der Waals surface area contributed by atoms with Gasteiger partial charge in [-0.15, -0.1) is 0 Å². The molecule has 0 radical (unpaired) electrons. The molecule has 2 aromatic carbocycles. The molecule has 16 heteroatoms. The Morgan fingerprint density at radius 1 is 0.910 bits per heavy atom. The Balaban J connectivity index is 1.06. The number of amides is 3. The molecule has 15 nitrogen and oxygen atoms in total. The number of carbonyl (C=O) groups is 3. The van der Waals surface area contributed by atoms with E-state index in [0.717, 1.165) is 71.2 Å². The first-order valence-electron chi connectivity index (χ1n) is 23.7. The zero-order chi connectivity index (χ0) is 47.3. The molecule has 3 aliphatic heterocycles. The quantitative estimate of drug-likeness (QED) is 0.0897. The molecule has 0 spiro atoms. The van der Waals surface area contributed by atoms with Crippen molar-refractivity contribution in [3.05, 3.63) is 101 Å². The van der Waals surface area contributed by atoms with Gasteiger partial charge in [0, 0.05) is 36.0 Å². The summed E-state index contributed by atoms with van der Waals surface area (Å²) in [5, 5.41) is 3.60. The van der Waals surface area contributed by atoms with E-state index in [1.54, 1.807) is 17.3 Å². The molecule has 4 aliphatic rings. The number of halogens is 1. The first-order valence-corrected chi connectivity index (χ1v) is 23.7. The SMILES string of the molecule is CCC(C)Oc1cccc(C2OC3=C(c4cc5cc(-c6cnc(C7CCCN7C(=O)C(NC(=O)OC)C(C)C)[nH]6)ccc5n42)C(F)CC(c2cnc(C4CCCN4C(=O)C(N)C(C)C)[nH]2)=C3)c1. The van der Waals surface area contributed by atoms with Gasteiger partial charge in [0.2, 0.25) is 18.0 Å². The third-order valence-corrected chi connectivity index (χ3v) is 13.9. The molecule has 5 aromatic rings. The summed E-state index contributed by atoms with van der Waals surface area (Å²) in [4.78, 5) is 59.4. The van der Waals surface area contributed by atoms with Gasteiger partial charge in [0.25, 0.3) is 0 Å². The number of nitrogens with one attached hydrogen (secondary N) is 3. The van der Waals surface area contributed by atoms with E-state index in [1.807, 2.05) is 88.1 Å². The first-order chi connectivity index (χ1) is 32.2. The summed E-state index contributed by atoms with van der Waals surface area (Å²) in [6.45, 7) is 13.0. The number of ether oxygens (including phenoxy) is 3. The third-order valence-electron chi connectivity index (χ3n) is 13.9. The number of rotatable bonds is 13. The van der Waals surface area contributed by atoms with Gasteiger partial charge < -0.3 is 49.6 Å². The van der Waals surface area contributed by atoms with Crippen molar-refractivity contribution in [3.8, 4) is 17.0 Å². The molecule has 7 unspecified atom stereocenters. The highest BCUT2D eigenvalue weighted by molar-refractivity contribution is 5.93. The van der Waals surface area contributed by atoms with E-state index in [1.165, 1.54) is 7.11 Å². The van der Waals surface area contributed by atoms with E-state index in [-0.39, 0.29) is 48.3 Å². The number of imidazole rings is 2. The van der Waals surface area contributed by atoms with Crippen LogP contribution in [0.5, 0.6) is 5.75 Å². The summed E-state index contributed by atoms with van der Waals surface area (Å²) in [6.07, 6.45) is 6.82. The minimum absolute atomic E-state index is 0.00777. The van der Waals surface area contributed by atoms with Crippen molar-refractivity contribution in [3.63, 3.8) is 0 Å². The highest BCUT2D eigenvalue weighted by Crippen LogP contribution is 2.47. The van der Waals surface area contributed by atoms with Crippen LogP contribution in [0.15, 0.2) is 72.8 Å². The number of fused-ring (bicyclic) bond motifs is 4. The van der Waals surface area contributed by atoms with Crippen LogP contribution >= 0.6 is 0 Å². The number of alkyl halides is 1. The number of H-pyrrole nitrogens is 2. The summed E-state index contributed by atoms with van der Waals surface area (Å²) in [5.41, 5.74) is 12.2. The fraction of sp³-hybridized carbons (Fsp3) is 0.471. The topological polar surface area (TPSA) is 186 Å². The average molecular weight is 916 g/mol. The molecule has 354 valence electrons. The van der Waals surface area contributed by atoms with Crippen LogP contribution < -0.4 is 15.8 Å². The van der Waals surface area contributed by atoms with Crippen molar-refractivity contribution in [2.45, 2.75) is 123 Å². The Hall–Kier alpha value is -6.42. The van der Waals surface area contributed by atoms with Crippen molar-refractivity contribution in [1.82, 2.24) is 39.6 Å². The van der Waals surface area contributed by atoms with Crippen LogP contribution in [0.1, 0.15) is 127 Å². The van der Waals surface area contributed by atoms with E-state index in [0.29, 0.717) is 47.5 Å². The summed E-state index contributed by atoms with van der Waals surface area (Å²) in [7, 11) is 1.28. The van der Waals surface area contributed by atoms with Crippen LogP contribution in [-0.2, 0) is 19.1 Å². The highest BCUT2D eigenvalue weighted by Gasteiger charge is 2.40. The molecular formula is C51H62FN9O6. The van der Waals surface area contributed by atoms with E-state index in [4.69, 9.17) is 29.9 Å². The van der Waals surface area contributed by atoms with Crippen LogP contribution in [0.2, 0.25) is 0 Å². The predicted octanol–water partition coefficient (Wildman–Crippen LogP) is 8.74. The minimum Gasteiger partial charge on any atom is -0.491 e. The van der Waals surface area contributed by atoms with Gasteiger partial charge in [-0.2, -0.15) is 0 Å². The van der Waals surface area contributed by atoms with Gasteiger partial charge in [-0.25, -0.2) is 19.2 Å². The molecule has 5 N–H and O–H groups in total. The van der Waals surface area contributed by atoms with E-state index in [9.17, 15) is 14.4 Å². The fourth-order valence-electron chi connectivity index (χ4n) is 9.93. The third kappa shape index (κ3) is 8.71. The maximum absolute atomic E-state index is 17.1. The smallest absolute Gasteiger partial charge is 0.407 e. The Morgan fingerprint density at radius 2 is 1.60 bits per heavy atom. The average Bonchev–Trinajstić information content (AvgIpc) is 4.18. The van der Waals surface area contributed by atoms with Gasteiger partial charge in [-0.3, -0.25) is 9.59 Å². The first kappa shape index (κ1) is 45.7. The Morgan fingerprint density at radius 3 is 2.27 bits per heavy atom. The summed E-state index contributed by atoms with van der Waals surface area (Å²) in [6, 6.07) is 14.2. The molecule has 1 aliphatic carbocycles. The molecule has 2 fully saturated rings. The zero-order valence-electron chi connectivity index (χ0n) is 39.3. The van der Waals surface area contributed by atoms with Gasteiger partial charge in [-0.05, 0) is 92.8 Å². The predicted molar refractivity (Wildman–Crippen MR) is 253 cm³/mol. The number of carbonyl (C=O) groups excluding carboxylic acids is 3. The van der Waals surface area contributed by atoms with Gasteiger partial charge in [-0.1, -0.05) is 52.8 Å². The van der Waals surface area contributed by atoms with Gasteiger partial charge in [0.15, 0.2) is 0 Å². The Kier molecular flexibility index (Phi) is 12.8. The van der Waals surface area contributed by atoms with Gasteiger partial charge in [0.1, 0.15) is 35.4 Å². The number of likely N-dealkylation sites (tertiary alicyclic amines) is 2. The van der Waals surface area contributed by atoms with E-state index in [2.05, 4.69) is 32.8 Å². The van der Waals surface area contributed by atoms with Crippen molar-refractivity contribution in [1.29, 1.82) is 0 Å². The lowest BCUT2D eigenvalue weighted by Crippen LogP contribution is -2.51. The number of alkyl carbamates (subject to hydrolysis) is 1. The number of hydrogen-bond acceptors (Lipinski definition) is 9. The second kappa shape index (κ2) is 18.7. The van der Waals surface area contributed by atoms with Crippen molar-refractivity contribution in [2.24, 2.45) is 17.6 Å². The highest BCUT2D eigenvalue weighted by atomic mass is 19.1. The normalized spacial score (nSPS) is 21.8.